The van der Waals surface area contributed by atoms with Crippen LogP contribution in [0.25, 0.3) is 0 Å². The molecule has 1 heterocycles. The standard InChI is InChI=1S/C20H23NO2S/c1-15(16-7-5-4-6-8-16)21-14-13-20(2,23-19(21)22)17-9-11-18(24-3)12-10-17/h4-12,15H,13-14H2,1-3H3/t15-,20?/m0/s1. The van der Waals surface area contributed by atoms with Gasteiger partial charge in [0.1, 0.15) is 5.60 Å². The summed E-state index contributed by atoms with van der Waals surface area (Å²) in [5, 5.41) is 0. The molecule has 3 rings (SSSR count). The molecule has 1 aliphatic heterocycles. The van der Waals surface area contributed by atoms with E-state index in [-0.39, 0.29) is 12.1 Å². The molecule has 0 aromatic heterocycles. The molecule has 1 fully saturated rings. The first-order chi connectivity index (χ1) is 11.5. The lowest BCUT2D eigenvalue weighted by Crippen LogP contribution is -2.47. The van der Waals surface area contributed by atoms with Crippen molar-refractivity contribution in [2.75, 3.05) is 12.8 Å². The molecule has 4 heteroatoms. The number of cyclic esters (lactones) is 1. The van der Waals surface area contributed by atoms with Crippen molar-refractivity contribution >= 4 is 17.9 Å². The highest BCUT2D eigenvalue weighted by Crippen LogP contribution is 2.37. The summed E-state index contributed by atoms with van der Waals surface area (Å²) >= 11 is 1.71. The zero-order valence-electron chi connectivity index (χ0n) is 14.4. The fourth-order valence-electron chi connectivity index (χ4n) is 3.14. The Labute approximate surface area is 148 Å². The zero-order chi connectivity index (χ0) is 17.2. The summed E-state index contributed by atoms with van der Waals surface area (Å²) < 4.78 is 5.87. The van der Waals surface area contributed by atoms with Crippen molar-refractivity contribution in [2.24, 2.45) is 0 Å². The van der Waals surface area contributed by atoms with Gasteiger partial charge in [0.15, 0.2) is 0 Å². The number of hydrogen-bond donors (Lipinski definition) is 0. The topological polar surface area (TPSA) is 29.5 Å². The summed E-state index contributed by atoms with van der Waals surface area (Å²) in [5.74, 6) is 0. The molecule has 0 radical (unpaired) electrons. The average molecular weight is 341 g/mol. The highest BCUT2D eigenvalue weighted by atomic mass is 32.2. The fraction of sp³-hybridized carbons (Fsp3) is 0.350. The van der Waals surface area contributed by atoms with Gasteiger partial charge < -0.3 is 9.64 Å². The number of amides is 1. The number of carbonyl (C=O) groups excluding carboxylic acids is 1. The van der Waals surface area contributed by atoms with Crippen molar-refractivity contribution in [2.45, 2.75) is 36.8 Å². The van der Waals surface area contributed by atoms with Crippen LogP contribution >= 0.6 is 11.8 Å². The largest absolute Gasteiger partial charge is 0.438 e. The fourth-order valence-corrected chi connectivity index (χ4v) is 3.55. The first-order valence-electron chi connectivity index (χ1n) is 8.22. The predicted octanol–water partition coefficient (Wildman–Crippen LogP) is 5.23. The molecule has 0 N–H and O–H groups in total. The van der Waals surface area contributed by atoms with Gasteiger partial charge in [0, 0.05) is 17.9 Å². The first-order valence-corrected chi connectivity index (χ1v) is 9.45. The number of hydrogen-bond acceptors (Lipinski definition) is 3. The molecule has 3 nitrogen and oxygen atoms in total. The number of nitrogens with zero attached hydrogens (tertiary/aromatic N) is 1. The molecule has 0 spiro atoms. The minimum atomic E-state index is -0.555. The van der Waals surface area contributed by atoms with Crippen LogP contribution in [-0.2, 0) is 10.3 Å². The van der Waals surface area contributed by atoms with Crippen LogP contribution in [0.1, 0.15) is 37.4 Å². The minimum Gasteiger partial charge on any atom is -0.438 e. The van der Waals surface area contributed by atoms with Crippen molar-refractivity contribution in [1.82, 2.24) is 4.90 Å². The van der Waals surface area contributed by atoms with Gasteiger partial charge in [-0.15, -0.1) is 11.8 Å². The lowest BCUT2D eigenvalue weighted by atomic mass is 9.90. The van der Waals surface area contributed by atoms with Crippen LogP contribution in [0.15, 0.2) is 59.5 Å². The van der Waals surface area contributed by atoms with Gasteiger partial charge in [-0.25, -0.2) is 4.79 Å². The van der Waals surface area contributed by atoms with E-state index in [1.807, 2.05) is 49.1 Å². The highest BCUT2D eigenvalue weighted by molar-refractivity contribution is 7.98. The van der Waals surface area contributed by atoms with E-state index < -0.39 is 5.60 Å². The summed E-state index contributed by atoms with van der Waals surface area (Å²) in [6, 6.07) is 18.4. The number of ether oxygens (including phenoxy) is 1. The van der Waals surface area contributed by atoms with E-state index in [4.69, 9.17) is 4.74 Å². The van der Waals surface area contributed by atoms with Crippen molar-refractivity contribution in [3.05, 3.63) is 65.7 Å². The second-order valence-corrected chi connectivity index (χ2v) is 7.24. The summed E-state index contributed by atoms with van der Waals surface area (Å²) in [7, 11) is 0. The molecular formula is C20H23NO2S. The SMILES string of the molecule is CSc1ccc(C2(C)CCN([C@@H](C)c3ccccc3)C(=O)O2)cc1. The molecule has 0 saturated carbocycles. The van der Waals surface area contributed by atoms with Crippen LogP contribution in [0.5, 0.6) is 0 Å². The Morgan fingerprint density at radius 2 is 1.79 bits per heavy atom. The molecule has 0 aliphatic carbocycles. The average Bonchev–Trinajstić information content (AvgIpc) is 2.62. The number of carbonyl (C=O) groups is 1. The molecule has 24 heavy (non-hydrogen) atoms. The lowest BCUT2D eigenvalue weighted by molar-refractivity contribution is -0.0491. The molecule has 126 valence electrons. The maximum Gasteiger partial charge on any atom is 0.411 e. The second kappa shape index (κ2) is 6.89. The number of benzene rings is 2. The third-order valence-electron chi connectivity index (χ3n) is 4.83. The maximum absolute atomic E-state index is 12.6. The van der Waals surface area contributed by atoms with Crippen molar-refractivity contribution in [1.29, 1.82) is 0 Å². The predicted molar refractivity (Wildman–Crippen MR) is 98.2 cm³/mol. The Kier molecular flexibility index (Phi) is 4.86. The van der Waals surface area contributed by atoms with Gasteiger partial charge in [-0.2, -0.15) is 0 Å². The van der Waals surface area contributed by atoms with Gasteiger partial charge in [-0.1, -0.05) is 42.5 Å². The van der Waals surface area contributed by atoms with Crippen molar-refractivity contribution in [3.63, 3.8) is 0 Å². The Balaban J connectivity index is 1.75. The van der Waals surface area contributed by atoms with E-state index in [0.29, 0.717) is 6.54 Å². The van der Waals surface area contributed by atoms with E-state index >= 15 is 0 Å². The second-order valence-electron chi connectivity index (χ2n) is 6.36. The molecule has 1 amide bonds. The monoisotopic (exact) mass is 341 g/mol. The summed E-state index contributed by atoms with van der Waals surface area (Å²) in [6.45, 7) is 4.74. The van der Waals surface area contributed by atoms with E-state index in [2.05, 4.69) is 30.5 Å². The lowest BCUT2D eigenvalue weighted by Gasteiger charge is -2.41. The van der Waals surface area contributed by atoms with Crippen LogP contribution in [0.3, 0.4) is 0 Å². The van der Waals surface area contributed by atoms with E-state index in [9.17, 15) is 4.79 Å². The molecule has 1 saturated heterocycles. The maximum atomic E-state index is 12.6. The van der Waals surface area contributed by atoms with E-state index in [1.165, 1.54) is 4.90 Å². The third-order valence-corrected chi connectivity index (χ3v) is 5.57. The van der Waals surface area contributed by atoms with Gasteiger partial charge in [0.2, 0.25) is 0 Å². The Morgan fingerprint density at radius 1 is 1.12 bits per heavy atom. The Bertz CT molecular complexity index is 701. The molecule has 1 aliphatic rings. The zero-order valence-corrected chi connectivity index (χ0v) is 15.2. The smallest absolute Gasteiger partial charge is 0.411 e. The molecular weight excluding hydrogens is 318 g/mol. The van der Waals surface area contributed by atoms with Gasteiger partial charge >= 0.3 is 6.09 Å². The molecule has 0 bridgehead atoms. The highest BCUT2D eigenvalue weighted by Gasteiger charge is 2.39. The molecule has 2 atom stereocenters. The van der Waals surface area contributed by atoms with Gasteiger partial charge in [0.05, 0.1) is 6.04 Å². The van der Waals surface area contributed by atoms with Crippen LogP contribution in [0, 0.1) is 0 Å². The van der Waals surface area contributed by atoms with Gasteiger partial charge in [0.25, 0.3) is 0 Å². The minimum absolute atomic E-state index is 0.0158. The number of thioether (sulfide) groups is 1. The van der Waals surface area contributed by atoms with Crippen LogP contribution < -0.4 is 0 Å². The Hall–Kier alpha value is -1.94. The Morgan fingerprint density at radius 3 is 2.38 bits per heavy atom. The summed E-state index contributed by atoms with van der Waals surface area (Å²) in [4.78, 5) is 15.6. The normalized spacial score (nSPS) is 22.1. The summed E-state index contributed by atoms with van der Waals surface area (Å²) in [5.41, 5.74) is 1.63. The van der Waals surface area contributed by atoms with Crippen molar-refractivity contribution in [3.8, 4) is 0 Å². The van der Waals surface area contributed by atoms with Crippen molar-refractivity contribution < 1.29 is 9.53 Å². The first kappa shape index (κ1) is 16.9. The van der Waals surface area contributed by atoms with E-state index in [0.717, 1.165) is 17.5 Å². The molecule has 2 aromatic carbocycles. The van der Waals surface area contributed by atoms with E-state index in [1.54, 1.807) is 11.8 Å². The van der Waals surface area contributed by atoms with Gasteiger partial charge in [-0.05, 0) is 43.4 Å². The quantitative estimate of drug-likeness (QED) is 0.713. The van der Waals surface area contributed by atoms with Gasteiger partial charge in [-0.3, -0.25) is 0 Å². The van der Waals surface area contributed by atoms with Crippen LogP contribution in [0.2, 0.25) is 0 Å². The van der Waals surface area contributed by atoms with Crippen LogP contribution in [0.4, 0.5) is 4.79 Å². The third kappa shape index (κ3) is 3.29. The van der Waals surface area contributed by atoms with Crippen LogP contribution in [-0.4, -0.2) is 23.8 Å². The number of rotatable bonds is 4. The molecule has 1 unspecified atom stereocenters. The summed E-state index contributed by atoms with van der Waals surface area (Å²) in [6.07, 6.45) is 2.60. The molecule has 2 aromatic rings.